The van der Waals surface area contributed by atoms with E-state index in [0.29, 0.717) is 12.8 Å². The van der Waals surface area contributed by atoms with Crippen LogP contribution in [0.25, 0.3) is 11.4 Å². The van der Waals surface area contributed by atoms with Crippen molar-refractivity contribution in [3.8, 4) is 11.4 Å². The number of hydrogen-bond donors (Lipinski definition) is 1. The molecule has 1 aromatic carbocycles. The van der Waals surface area contributed by atoms with Crippen LogP contribution in [0.15, 0.2) is 58.5 Å². The Morgan fingerprint density at radius 1 is 1.13 bits per heavy atom. The summed E-state index contributed by atoms with van der Waals surface area (Å²) in [7, 11) is 0. The molecule has 6 heteroatoms. The van der Waals surface area contributed by atoms with E-state index in [-0.39, 0.29) is 5.91 Å². The number of nitrogens with zero attached hydrogens (tertiary/aromatic N) is 2. The Hall–Kier alpha value is -2.05. The number of nitrogens with one attached hydrogen (secondary N) is 1. The number of halogens is 1. The Balaban J connectivity index is 1.58. The molecule has 1 N–H and O–H groups in total. The normalized spacial score (nSPS) is 10.5. The highest BCUT2D eigenvalue weighted by Gasteiger charge is 2.09. The lowest BCUT2D eigenvalue weighted by Gasteiger charge is -2.06. The molecule has 2 heterocycles. The summed E-state index contributed by atoms with van der Waals surface area (Å²) < 4.78 is 0.875. The first kappa shape index (κ1) is 15.8. The molecule has 4 nitrogen and oxygen atoms in total. The van der Waals surface area contributed by atoms with E-state index in [2.05, 4.69) is 31.2 Å². The maximum atomic E-state index is 12.0. The minimum Gasteiger partial charge on any atom is -0.325 e. The second-order valence-electron chi connectivity index (χ2n) is 4.87. The molecule has 3 rings (SSSR count). The summed E-state index contributed by atoms with van der Waals surface area (Å²) in [6, 6.07) is 13.3. The fourth-order valence-corrected chi connectivity index (χ4v) is 3.23. The average molecular weight is 388 g/mol. The van der Waals surface area contributed by atoms with Crippen LogP contribution in [0.3, 0.4) is 0 Å². The van der Waals surface area contributed by atoms with Gasteiger partial charge in [0.25, 0.3) is 0 Å². The number of anilines is 1. The van der Waals surface area contributed by atoms with Gasteiger partial charge in [-0.3, -0.25) is 9.78 Å². The van der Waals surface area contributed by atoms with Crippen molar-refractivity contribution in [2.24, 2.45) is 0 Å². The largest absolute Gasteiger partial charge is 0.325 e. The van der Waals surface area contributed by atoms with Crippen molar-refractivity contribution < 1.29 is 4.79 Å². The number of carbonyl (C=O) groups excluding carboxylic acids is 1. The minimum atomic E-state index is -0.0218. The monoisotopic (exact) mass is 387 g/mol. The molecule has 0 aliphatic heterocycles. The molecule has 0 aliphatic rings. The van der Waals surface area contributed by atoms with Gasteiger partial charge in [0.15, 0.2) is 0 Å². The van der Waals surface area contributed by atoms with Crippen molar-refractivity contribution >= 4 is 38.9 Å². The summed E-state index contributed by atoms with van der Waals surface area (Å²) in [4.78, 5) is 20.9. The van der Waals surface area contributed by atoms with Crippen LogP contribution < -0.4 is 5.32 Å². The third-order valence-corrected chi connectivity index (χ3v) is 4.79. The van der Waals surface area contributed by atoms with Crippen molar-refractivity contribution in [1.82, 2.24) is 9.97 Å². The van der Waals surface area contributed by atoms with E-state index >= 15 is 0 Å². The van der Waals surface area contributed by atoms with Gasteiger partial charge in [-0.2, -0.15) is 0 Å². The van der Waals surface area contributed by atoms with E-state index in [1.54, 1.807) is 17.5 Å². The van der Waals surface area contributed by atoms with Crippen molar-refractivity contribution in [3.63, 3.8) is 0 Å². The van der Waals surface area contributed by atoms with Gasteiger partial charge in [0, 0.05) is 28.9 Å². The van der Waals surface area contributed by atoms with Crippen LogP contribution in [0.5, 0.6) is 0 Å². The highest BCUT2D eigenvalue weighted by molar-refractivity contribution is 9.10. The molecule has 0 unspecified atom stereocenters. The molecule has 0 bridgehead atoms. The zero-order valence-electron chi connectivity index (χ0n) is 12.2. The maximum absolute atomic E-state index is 12.0. The standard InChI is InChI=1S/C17H14BrN3OS/c18-12-5-1-2-6-13(12)20-16(22)8-9-17-21-15(11-23-17)14-7-3-4-10-19-14/h1-7,10-11H,8-9H2,(H,20,22). The van der Waals surface area contributed by atoms with E-state index < -0.39 is 0 Å². The number of rotatable bonds is 5. The third-order valence-electron chi connectivity index (χ3n) is 3.19. The van der Waals surface area contributed by atoms with E-state index in [1.165, 1.54) is 0 Å². The lowest BCUT2D eigenvalue weighted by Crippen LogP contribution is -2.12. The van der Waals surface area contributed by atoms with Crippen molar-refractivity contribution in [2.75, 3.05) is 5.32 Å². The number of benzene rings is 1. The van der Waals surface area contributed by atoms with Gasteiger partial charge in [0.05, 0.1) is 22.1 Å². The molecule has 1 amide bonds. The predicted molar refractivity (Wildman–Crippen MR) is 96.4 cm³/mol. The highest BCUT2D eigenvalue weighted by atomic mass is 79.9. The Kier molecular flexibility index (Phi) is 5.15. The molecule has 0 saturated carbocycles. The first-order valence-corrected chi connectivity index (χ1v) is 8.80. The second kappa shape index (κ2) is 7.48. The molecule has 0 aliphatic carbocycles. The van der Waals surface area contributed by atoms with Gasteiger partial charge >= 0.3 is 0 Å². The molecule has 0 atom stereocenters. The predicted octanol–water partition coefficient (Wildman–Crippen LogP) is 4.54. The van der Waals surface area contributed by atoms with Crippen LogP contribution in [-0.2, 0) is 11.2 Å². The Morgan fingerprint density at radius 2 is 1.96 bits per heavy atom. The third kappa shape index (κ3) is 4.24. The Labute approximate surface area is 146 Å². The number of aryl methyl sites for hydroxylation is 1. The van der Waals surface area contributed by atoms with Gasteiger partial charge in [0.1, 0.15) is 0 Å². The summed E-state index contributed by atoms with van der Waals surface area (Å²) in [5.41, 5.74) is 2.50. The van der Waals surface area contributed by atoms with Crippen LogP contribution in [-0.4, -0.2) is 15.9 Å². The number of thiazole rings is 1. The van der Waals surface area contributed by atoms with E-state index in [0.717, 1.165) is 26.6 Å². The Morgan fingerprint density at radius 3 is 2.74 bits per heavy atom. The summed E-state index contributed by atoms with van der Waals surface area (Å²) in [6.45, 7) is 0. The molecule has 0 fully saturated rings. The van der Waals surface area contributed by atoms with Gasteiger partial charge in [-0.25, -0.2) is 4.98 Å². The Bertz CT molecular complexity index is 804. The topological polar surface area (TPSA) is 54.9 Å². The van der Waals surface area contributed by atoms with Crippen LogP contribution in [0.4, 0.5) is 5.69 Å². The molecular weight excluding hydrogens is 374 g/mol. The molecule has 23 heavy (non-hydrogen) atoms. The molecule has 0 radical (unpaired) electrons. The quantitative estimate of drug-likeness (QED) is 0.698. The summed E-state index contributed by atoms with van der Waals surface area (Å²) in [6.07, 6.45) is 2.77. The van der Waals surface area contributed by atoms with Crippen molar-refractivity contribution in [1.29, 1.82) is 0 Å². The highest BCUT2D eigenvalue weighted by Crippen LogP contribution is 2.23. The number of amides is 1. The molecule has 0 saturated heterocycles. The fourth-order valence-electron chi connectivity index (χ4n) is 2.05. The van der Waals surface area contributed by atoms with Crippen LogP contribution >= 0.6 is 27.3 Å². The summed E-state index contributed by atoms with van der Waals surface area (Å²) in [5, 5.41) is 5.81. The second-order valence-corrected chi connectivity index (χ2v) is 6.67. The molecular formula is C17H14BrN3OS. The SMILES string of the molecule is O=C(CCc1nc(-c2ccccn2)cs1)Nc1ccccc1Br. The molecule has 116 valence electrons. The minimum absolute atomic E-state index is 0.0218. The first-order chi connectivity index (χ1) is 11.2. The van der Waals surface area contributed by atoms with Crippen LogP contribution in [0.1, 0.15) is 11.4 Å². The number of pyridine rings is 1. The van der Waals surface area contributed by atoms with Crippen molar-refractivity contribution in [2.45, 2.75) is 12.8 Å². The lowest BCUT2D eigenvalue weighted by atomic mass is 10.2. The van der Waals surface area contributed by atoms with Crippen LogP contribution in [0.2, 0.25) is 0 Å². The smallest absolute Gasteiger partial charge is 0.224 e. The van der Waals surface area contributed by atoms with E-state index in [4.69, 9.17) is 0 Å². The van der Waals surface area contributed by atoms with Gasteiger partial charge in [-0.1, -0.05) is 18.2 Å². The summed E-state index contributed by atoms with van der Waals surface area (Å²) in [5.74, 6) is -0.0218. The molecule has 3 aromatic rings. The maximum Gasteiger partial charge on any atom is 0.224 e. The number of para-hydroxylation sites is 1. The van der Waals surface area contributed by atoms with Gasteiger partial charge in [-0.05, 0) is 40.2 Å². The van der Waals surface area contributed by atoms with Gasteiger partial charge in [0.2, 0.25) is 5.91 Å². The molecule has 2 aromatic heterocycles. The van der Waals surface area contributed by atoms with E-state index in [9.17, 15) is 4.79 Å². The first-order valence-electron chi connectivity index (χ1n) is 7.12. The zero-order valence-corrected chi connectivity index (χ0v) is 14.6. The number of aromatic nitrogens is 2. The molecule has 0 spiro atoms. The van der Waals surface area contributed by atoms with Gasteiger partial charge < -0.3 is 5.32 Å². The van der Waals surface area contributed by atoms with Gasteiger partial charge in [-0.15, -0.1) is 11.3 Å². The zero-order chi connectivity index (χ0) is 16.1. The van der Waals surface area contributed by atoms with E-state index in [1.807, 2.05) is 47.8 Å². The average Bonchev–Trinajstić information content (AvgIpc) is 3.05. The van der Waals surface area contributed by atoms with Crippen LogP contribution in [0, 0.1) is 0 Å². The van der Waals surface area contributed by atoms with Crippen molar-refractivity contribution in [3.05, 3.63) is 63.5 Å². The number of hydrogen-bond acceptors (Lipinski definition) is 4. The fraction of sp³-hybridized carbons (Fsp3) is 0.118. The number of carbonyl (C=O) groups is 1. The summed E-state index contributed by atoms with van der Waals surface area (Å²) >= 11 is 4.97. The lowest BCUT2D eigenvalue weighted by molar-refractivity contribution is -0.116.